The van der Waals surface area contributed by atoms with Crippen LogP contribution < -0.4 is 0 Å². The summed E-state index contributed by atoms with van der Waals surface area (Å²) >= 11 is 0. The fourth-order valence-corrected chi connectivity index (χ4v) is 10.3. The van der Waals surface area contributed by atoms with Gasteiger partial charge in [0, 0.05) is 32.9 Å². The summed E-state index contributed by atoms with van der Waals surface area (Å²) in [4.78, 5) is 0. The van der Waals surface area contributed by atoms with E-state index in [2.05, 4.69) is 264 Å². The van der Waals surface area contributed by atoms with Crippen LogP contribution in [0.3, 0.4) is 0 Å². The van der Waals surface area contributed by atoms with Gasteiger partial charge in [0.15, 0.2) is 0 Å². The van der Waals surface area contributed by atoms with E-state index in [1.165, 1.54) is 88.1 Å². The normalized spacial score (nSPS) is 11.8. The summed E-state index contributed by atoms with van der Waals surface area (Å²) in [5.74, 6) is 0. The summed E-state index contributed by atoms with van der Waals surface area (Å²) in [6, 6.07) is 93.3. The molecule has 0 saturated heterocycles. The summed E-state index contributed by atoms with van der Waals surface area (Å²) in [5, 5.41) is 4.96. The van der Waals surface area contributed by atoms with Crippen LogP contribution in [0.15, 0.2) is 255 Å². The van der Waals surface area contributed by atoms with E-state index in [1.807, 2.05) is 0 Å². The Bertz CT molecular complexity index is 3450. The number of hydrogen-bond donors (Lipinski definition) is 0. The summed E-state index contributed by atoms with van der Waals surface area (Å²) in [6.07, 6.45) is 0. The van der Waals surface area contributed by atoms with Crippen LogP contribution in [0, 0.1) is 0 Å². The second kappa shape index (κ2) is 15.1. The monoisotopic (exact) mass is 802 g/mol. The van der Waals surface area contributed by atoms with E-state index in [-0.39, 0.29) is 0 Å². The van der Waals surface area contributed by atoms with Crippen molar-refractivity contribution in [2.75, 3.05) is 0 Å². The number of nitrogens with zero attached hydrogens (tertiary/aromatic N) is 2. The van der Waals surface area contributed by atoms with Gasteiger partial charge in [-0.1, -0.05) is 194 Å². The molecule has 0 unspecified atom stereocenters. The van der Waals surface area contributed by atoms with Crippen molar-refractivity contribution >= 4 is 43.6 Å². The van der Waals surface area contributed by atoms with Crippen molar-refractivity contribution in [3.63, 3.8) is 0 Å². The predicted molar refractivity (Wildman–Crippen MR) is 264 cm³/mol. The van der Waals surface area contributed by atoms with E-state index in [0.717, 1.165) is 11.4 Å². The molecule has 0 amide bonds. The summed E-state index contributed by atoms with van der Waals surface area (Å²) in [7, 11) is 0. The number of para-hydroxylation sites is 2. The standard InChI is InChI=1S/C61H42N2/c1-5-19-43(20-6-1)46-35-37-59-55(41-46)56-42-50(61(47-23-7-2-8-24-47,48-25-9-3-10-26-48)49-27-11-4-12-28-49)36-38-60(56)63(59)52-30-18-22-45(40-52)44-21-17-29-51(39-44)62-57-33-15-13-31-53(57)54-32-14-16-34-58(54)62/h1-42H. The average molecular weight is 803 g/mol. The first-order valence-corrected chi connectivity index (χ1v) is 21.8. The molecule has 0 radical (unpaired) electrons. The first-order valence-electron chi connectivity index (χ1n) is 21.8. The van der Waals surface area contributed by atoms with Gasteiger partial charge in [0.25, 0.3) is 0 Å². The first-order chi connectivity index (χ1) is 31.3. The quantitative estimate of drug-likeness (QED) is 0.135. The van der Waals surface area contributed by atoms with Crippen LogP contribution >= 0.6 is 0 Å². The molecule has 0 fully saturated rings. The number of hydrogen-bond acceptors (Lipinski definition) is 0. The molecule has 0 saturated carbocycles. The third-order valence-electron chi connectivity index (χ3n) is 13.0. The molecule has 12 rings (SSSR count). The van der Waals surface area contributed by atoms with Crippen molar-refractivity contribution in [1.82, 2.24) is 9.13 Å². The summed E-state index contributed by atoms with van der Waals surface area (Å²) in [6.45, 7) is 0. The fraction of sp³-hybridized carbons (Fsp3) is 0.0164. The maximum Gasteiger partial charge on any atom is 0.0701 e. The van der Waals surface area contributed by atoms with Gasteiger partial charge in [0.1, 0.15) is 0 Å². The number of aromatic nitrogens is 2. The highest BCUT2D eigenvalue weighted by Gasteiger charge is 2.38. The zero-order valence-corrected chi connectivity index (χ0v) is 34.6. The Hall–Kier alpha value is -8.20. The Labute approximate surface area is 367 Å². The maximum absolute atomic E-state index is 2.47. The molecule has 296 valence electrons. The van der Waals surface area contributed by atoms with Crippen LogP contribution in [-0.4, -0.2) is 9.13 Å². The van der Waals surface area contributed by atoms with Gasteiger partial charge in [0.2, 0.25) is 0 Å². The molecule has 2 aromatic heterocycles. The van der Waals surface area contributed by atoms with Crippen molar-refractivity contribution in [3.8, 4) is 33.6 Å². The molecular formula is C61H42N2. The lowest BCUT2D eigenvalue weighted by Gasteiger charge is -2.37. The number of rotatable bonds is 8. The molecule has 0 spiro atoms. The van der Waals surface area contributed by atoms with Crippen molar-refractivity contribution in [3.05, 3.63) is 277 Å². The molecular weight excluding hydrogens is 761 g/mol. The van der Waals surface area contributed by atoms with Crippen molar-refractivity contribution < 1.29 is 0 Å². The Kier molecular flexibility index (Phi) is 8.76. The summed E-state index contributed by atoms with van der Waals surface area (Å²) < 4.78 is 4.85. The van der Waals surface area contributed by atoms with Gasteiger partial charge in [-0.3, -0.25) is 0 Å². The molecule has 0 N–H and O–H groups in total. The van der Waals surface area contributed by atoms with Crippen molar-refractivity contribution in [2.24, 2.45) is 0 Å². The van der Waals surface area contributed by atoms with Crippen LogP contribution in [0.1, 0.15) is 22.3 Å². The zero-order valence-electron chi connectivity index (χ0n) is 34.6. The Morgan fingerprint density at radius 1 is 0.222 bits per heavy atom. The van der Waals surface area contributed by atoms with Gasteiger partial charge < -0.3 is 9.13 Å². The topological polar surface area (TPSA) is 9.86 Å². The van der Waals surface area contributed by atoms with Gasteiger partial charge in [-0.2, -0.15) is 0 Å². The largest absolute Gasteiger partial charge is 0.309 e. The Morgan fingerprint density at radius 2 is 0.603 bits per heavy atom. The highest BCUT2D eigenvalue weighted by Crippen LogP contribution is 2.47. The Balaban J connectivity index is 1.08. The lowest BCUT2D eigenvalue weighted by Crippen LogP contribution is -2.30. The van der Waals surface area contributed by atoms with Crippen LogP contribution in [0.5, 0.6) is 0 Å². The predicted octanol–water partition coefficient (Wildman–Crippen LogP) is 15.6. The average Bonchev–Trinajstić information content (AvgIpc) is 3.88. The molecule has 2 heteroatoms. The van der Waals surface area contributed by atoms with Crippen molar-refractivity contribution in [2.45, 2.75) is 5.41 Å². The molecule has 12 aromatic rings. The second-order valence-corrected chi connectivity index (χ2v) is 16.5. The van der Waals surface area contributed by atoms with E-state index >= 15 is 0 Å². The van der Waals surface area contributed by atoms with E-state index in [1.54, 1.807) is 0 Å². The maximum atomic E-state index is 2.47. The third-order valence-corrected chi connectivity index (χ3v) is 13.0. The minimum atomic E-state index is -0.565. The van der Waals surface area contributed by atoms with Crippen molar-refractivity contribution in [1.29, 1.82) is 0 Å². The molecule has 2 nitrogen and oxygen atoms in total. The summed E-state index contributed by atoms with van der Waals surface area (Å²) in [5.41, 5.74) is 16.1. The van der Waals surface area contributed by atoms with Crippen LogP contribution in [0.2, 0.25) is 0 Å². The molecule has 10 aromatic carbocycles. The second-order valence-electron chi connectivity index (χ2n) is 16.5. The minimum Gasteiger partial charge on any atom is -0.309 e. The van der Waals surface area contributed by atoms with Crippen LogP contribution in [0.25, 0.3) is 77.2 Å². The molecule has 0 aliphatic carbocycles. The zero-order chi connectivity index (χ0) is 41.7. The lowest BCUT2D eigenvalue weighted by molar-refractivity contribution is 0.746. The molecule has 63 heavy (non-hydrogen) atoms. The van der Waals surface area contributed by atoms with Gasteiger partial charge in [-0.25, -0.2) is 0 Å². The van der Waals surface area contributed by atoms with Gasteiger partial charge in [-0.15, -0.1) is 0 Å². The van der Waals surface area contributed by atoms with Crippen LogP contribution in [0.4, 0.5) is 0 Å². The van der Waals surface area contributed by atoms with E-state index in [4.69, 9.17) is 0 Å². The molecule has 0 bridgehead atoms. The van der Waals surface area contributed by atoms with Gasteiger partial charge in [-0.05, 0) is 105 Å². The lowest BCUT2D eigenvalue weighted by atomic mass is 9.65. The highest BCUT2D eigenvalue weighted by molar-refractivity contribution is 6.11. The Morgan fingerprint density at radius 3 is 1.11 bits per heavy atom. The minimum absolute atomic E-state index is 0.565. The number of fused-ring (bicyclic) bond motifs is 6. The molecule has 0 aliphatic rings. The van der Waals surface area contributed by atoms with E-state index in [9.17, 15) is 0 Å². The molecule has 0 aliphatic heterocycles. The fourth-order valence-electron chi connectivity index (χ4n) is 10.3. The molecule has 2 heterocycles. The smallest absolute Gasteiger partial charge is 0.0701 e. The SMILES string of the molecule is c1ccc(-c2ccc3c(c2)c2cc(C(c4ccccc4)(c4ccccc4)c4ccccc4)ccc2n3-c2cccc(-c3cccc(-n4c5ccccc5c5ccccc54)c3)c2)cc1. The van der Waals surface area contributed by atoms with Crippen LogP contribution in [-0.2, 0) is 5.41 Å². The third kappa shape index (κ3) is 5.95. The highest BCUT2D eigenvalue weighted by atomic mass is 15.0. The van der Waals surface area contributed by atoms with Gasteiger partial charge in [0.05, 0.1) is 27.5 Å². The van der Waals surface area contributed by atoms with Gasteiger partial charge >= 0.3 is 0 Å². The number of benzene rings is 10. The first kappa shape index (κ1) is 36.6. The van der Waals surface area contributed by atoms with E-state index in [0.29, 0.717) is 0 Å². The molecule has 0 atom stereocenters. The van der Waals surface area contributed by atoms with E-state index < -0.39 is 5.41 Å².